The number of carboxylic acid groups (broad SMARTS) is 1. The number of carbonyl (C=O) groups is 1. The minimum absolute atomic E-state index is 0.0297. The van der Waals surface area contributed by atoms with Crippen LogP contribution >= 0.6 is 0 Å². The summed E-state index contributed by atoms with van der Waals surface area (Å²) in [5.41, 5.74) is 2.41. The summed E-state index contributed by atoms with van der Waals surface area (Å²) in [6, 6.07) is 20.4. The summed E-state index contributed by atoms with van der Waals surface area (Å²) in [7, 11) is 0. The molecule has 2 rings (SSSR count). The molecule has 2 atom stereocenters. The van der Waals surface area contributed by atoms with E-state index in [9.17, 15) is 9.90 Å². The van der Waals surface area contributed by atoms with E-state index in [0.717, 1.165) is 13.1 Å². The summed E-state index contributed by atoms with van der Waals surface area (Å²) in [4.78, 5) is 13.8. The van der Waals surface area contributed by atoms with Crippen molar-refractivity contribution in [2.75, 3.05) is 0 Å². The third kappa shape index (κ3) is 4.93. The van der Waals surface area contributed by atoms with E-state index in [0.29, 0.717) is 6.42 Å². The van der Waals surface area contributed by atoms with Gasteiger partial charge in [0, 0.05) is 19.1 Å². The van der Waals surface area contributed by atoms with E-state index >= 15 is 0 Å². The number of nitrogens with zero attached hydrogens (tertiary/aromatic N) is 1. The Morgan fingerprint density at radius 1 is 0.957 bits per heavy atom. The largest absolute Gasteiger partial charge is 0.481 e. The van der Waals surface area contributed by atoms with Gasteiger partial charge in [0.15, 0.2) is 0 Å². The smallest absolute Gasteiger partial charge is 0.308 e. The molecule has 0 aliphatic heterocycles. The van der Waals surface area contributed by atoms with Crippen molar-refractivity contribution >= 4 is 5.97 Å². The Morgan fingerprint density at radius 3 is 1.74 bits per heavy atom. The number of rotatable bonds is 8. The summed E-state index contributed by atoms with van der Waals surface area (Å²) < 4.78 is 0. The first-order valence-electron chi connectivity index (χ1n) is 8.16. The van der Waals surface area contributed by atoms with Gasteiger partial charge in [-0.05, 0) is 24.5 Å². The average Bonchev–Trinajstić information content (AvgIpc) is 2.56. The second kappa shape index (κ2) is 8.49. The topological polar surface area (TPSA) is 40.5 Å². The van der Waals surface area contributed by atoms with Crippen LogP contribution in [0, 0.1) is 5.92 Å². The molecule has 23 heavy (non-hydrogen) atoms. The fourth-order valence-electron chi connectivity index (χ4n) is 2.96. The lowest BCUT2D eigenvalue weighted by molar-refractivity contribution is -0.144. The molecule has 122 valence electrons. The summed E-state index contributed by atoms with van der Waals surface area (Å²) in [5.74, 6) is -1.08. The summed E-state index contributed by atoms with van der Waals surface area (Å²) >= 11 is 0. The Bertz CT molecular complexity index is 556. The molecular formula is C20H25NO2. The Morgan fingerprint density at radius 2 is 1.39 bits per heavy atom. The molecule has 0 aromatic heterocycles. The number of hydrogen-bond acceptors (Lipinski definition) is 2. The summed E-state index contributed by atoms with van der Waals surface area (Å²) in [6.45, 7) is 5.47. The molecule has 3 heteroatoms. The standard InChI is InChI=1S/C20H25NO2/c1-3-19(20(22)23)16(2)21(14-17-10-6-4-7-11-17)15-18-12-8-5-9-13-18/h4-13,16,19H,3,14-15H2,1-2H3,(H,22,23)/t16-,19?/m0/s1. The van der Waals surface area contributed by atoms with E-state index in [-0.39, 0.29) is 12.0 Å². The molecule has 0 saturated carbocycles. The first kappa shape index (κ1) is 17.2. The zero-order chi connectivity index (χ0) is 16.7. The zero-order valence-corrected chi connectivity index (χ0v) is 13.9. The predicted octanol–water partition coefficient (Wildman–Crippen LogP) is 4.19. The Hall–Kier alpha value is -2.13. The third-order valence-electron chi connectivity index (χ3n) is 4.37. The molecule has 0 spiro atoms. The van der Waals surface area contributed by atoms with E-state index in [1.807, 2.05) is 50.2 Å². The van der Waals surface area contributed by atoms with Crippen LogP contribution in [0.15, 0.2) is 60.7 Å². The highest BCUT2D eigenvalue weighted by molar-refractivity contribution is 5.70. The van der Waals surface area contributed by atoms with Crippen molar-refractivity contribution in [2.45, 2.75) is 39.4 Å². The number of hydrogen-bond donors (Lipinski definition) is 1. The van der Waals surface area contributed by atoms with E-state index in [2.05, 4.69) is 29.2 Å². The van der Waals surface area contributed by atoms with E-state index in [4.69, 9.17) is 0 Å². The van der Waals surface area contributed by atoms with Gasteiger partial charge in [-0.2, -0.15) is 0 Å². The number of carboxylic acids is 1. The Balaban J connectivity index is 2.21. The fraction of sp³-hybridized carbons (Fsp3) is 0.350. The van der Waals surface area contributed by atoms with E-state index in [1.54, 1.807) is 0 Å². The molecule has 0 saturated heterocycles. The second-order valence-corrected chi connectivity index (χ2v) is 5.97. The lowest BCUT2D eigenvalue weighted by Crippen LogP contribution is -2.40. The number of aliphatic carboxylic acids is 1. The fourth-order valence-corrected chi connectivity index (χ4v) is 2.96. The zero-order valence-electron chi connectivity index (χ0n) is 13.9. The van der Waals surface area contributed by atoms with Crippen LogP contribution in [0.5, 0.6) is 0 Å². The average molecular weight is 311 g/mol. The summed E-state index contributed by atoms with van der Waals surface area (Å²) in [5, 5.41) is 9.50. The van der Waals surface area contributed by atoms with Crippen molar-refractivity contribution in [1.82, 2.24) is 4.90 Å². The molecule has 0 amide bonds. The van der Waals surface area contributed by atoms with Gasteiger partial charge in [0.2, 0.25) is 0 Å². The molecule has 0 bridgehead atoms. The molecule has 2 aromatic rings. The molecule has 1 N–H and O–H groups in total. The molecule has 3 nitrogen and oxygen atoms in total. The SMILES string of the molecule is CCC(C(=O)O)[C@H](C)N(Cc1ccccc1)Cc1ccccc1. The van der Waals surface area contributed by atoms with Crippen molar-refractivity contribution in [3.05, 3.63) is 71.8 Å². The summed E-state index contributed by atoms with van der Waals surface area (Å²) in [6.07, 6.45) is 0.635. The Kier molecular flexibility index (Phi) is 6.36. The van der Waals surface area contributed by atoms with E-state index in [1.165, 1.54) is 11.1 Å². The van der Waals surface area contributed by atoms with Gasteiger partial charge in [-0.3, -0.25) is 9.69 Å². The van der Waals surface area contributed by atoms with Crippen molar-refractivity contribution in [3.63, 3.8) is 0 Å². The minimum Gasteiger partial charge on any atom is -0.481 e. The quantitative estimate of drug-likeness (QED) is 0.794. The van der Waals surface area contributed by atoms with Crippen molar-refractivity contribution in [1.29, 1.82) is 0 Å². The van der Waals surface area contributed by atoms with Crippen LogP contribution in [0.3, 0.4) is 0 Å². The molecule has 0 aliphatic carbocycles. The van der Waals surface area contributed by atoms with Gasteiger partial charge in [0.05, 0.1) is 5.92 Å². The first-order chi connectivity index (χ1) is 11.1. The van der Waals surface area contributed by atoms with Crippen LogP contribution in [0.1, 0.15) is 31.4 Å². The molecular weight excluding hydrogens is 286 g/mol. The predicted molar refractivity (Wildman–Crippen MR) is 93.0 cm³/mol. The molecule has 2 aromatic carbocycles. The van der Waals surface area contributed by atoms with Crippen LogP contribution in [0.4, 0.5) is 0 Å². The normalized spacial score (nSPS) is 13.7. The van der Waals surface area contributed by atoms with Gasteiger partial charge in [-0.1, -0.05) is 67.6 Å². The highest BCUT2D eigenvalue weighted by Gasteiger charge is 2.28. The highest BCUT2D eigenvalue weighted by atomic mass is 16.4. The lowest BCUT2D eigenvalue weighted by Gasteiger charge is -2.33. The van der Waals surface area contributed by atoms with Crippen LogP contribution in [-0.4, -0.2) is 22.0 Å². The van der Waals surface area contributed by atoms with Gasteiger partial charge in [0.25, 0.3) is 0 Å². The molecule has 0 radical (unpaired) electrons. The number of benzene rings is 2. The highest BCUT2D eigenvalue weighted by Crippen LogP contribution is 2.20. The maximum absolute atomic E-state index is 11.6. The monoisotopic (exact) mass is 311 g/mol. The van der Waals surface area contributed by atoms with Gasteiger partial charge in [-0.25, -0.2) is 0 Å². The lowest BCUT2D eigenvalue weighted by atomic mass is 9.96. The van der Waals surface area contributed by atoms with Crippen molar-refractivity contribution < 1.29 is 9.90 Å². The van der Waals surface area contributed by atoms with Crippen LogP contribution < -0.4 is 0 Å². The van der Waals surface area contributed by atoms with Crippen LogP contribution in [-0.2, 0) is 17.9 Å². The molecule has 0 aliphatic rings. The van der Waals surface area contributed by atoms with Gasteiger partial charge in [0.1, 0.15) is 0 Å². The third-order valence-corrected chi connectivity index (χ3v) is 4.37. The maximum Gasteiger partial charge on any atom is 0.308 e. The van der Waals surface area contributed by atoms with Crippen LogP contribution in [0.25, 0.3) is 0 Å². The Labute approximate surface area is 138 Å². The van der Waals surface area contributed by atoms with Gasteiger partial charge < -0.3 is 5.11 Å². The first-order valence-corrected chi connectivity index (χ1v) is 8.16. The van der Waals surface area contributed by atoms with Gasteiger partial charge >= 0.3 is 5.97 Å². The van der Waals surface area contributed by atoms with Crippen LogP contribution in [0.2, 0.25) is 0 Å². The second-order valence-electron chi connectivity index (χ2n) is 5.97. The maximum atomic E-state index is 11.6. The molecule has 0 heterocycles. The van der Waals surface area contributed by atoms with Crippen molar-refractivity contribution in [3.8, 4) is 0 Å². The molecule has 1 unspecified atom stereocenters. The van der Waals surface area contributed by atoms with Gasteiger partial charge in [-0.15, -0.1) is 0 Å². The minimum atomic E-state index is -0.717. The van der Waals surface area contributed by atoms with E-state index < -0.39 is 5.97 Å². The molecule has 0 fully saturated rings. The van der Waals surface area contributed by atoms with Crippen molar-refractivity contribution in [2.24, 2.45) is 5.92 Å².